The number of nitro groups is 1. The number of carbonyl (C=O) groups is 1. The number of methoxy groups -OCH3 is 1. The molecule has 0 aromatic heterocycles. The van der Waals surface area contributed by atoms with E-state index < -0.39 is 22.1 Å². The van der Waals surface area contributed by atoms with Gasteiger partial charge in [-0.05, 0) is 33.6 Å². The van der Waals surface area contributed by atoms with Crippen LogP contribution >= 0.6 is 11.6 Å². The molecule has 150 valence electrons. The molecule has 0 atom stereocenters. The van der Waals surface area contributed by atoms with E-state index in [4.69, 9.17) is 21.1 Å². The molecule has 1 N–H and O–H groups in total. The lowest BCUT2D eigenvalue weighted by Gasteiger charge is -2.39. The normalized spacial score (nSPS) is 16.7. The first-order chi connectivity index (χ1) is 12.4. The van der Waals surface area contributed by atoms with Crippen molar-refractivity contribution in [3.8, 4) is 5.75 Å². The number of aliphatic hydroxyl groups is 1. The largest absolute Gasteiger partial charge is 0.490 e. The minimum atomic E-state index is -1.14. The molecule has 0 saturated carbocycles. The summed E-state index contributed by atoms with van der Waals surface area (Å²) in [5, 5.41) is 22.0. The molecule has 1 aromatic rings. The van der Waals surface area contributed by atoms with Crippen molar-refractivity contribution in [1.82, 2.24) is 0 Å². The Balaban J connectivity index is 2.09. The smallest absolute Gasteiger partial charge is 0.312 e. The third-order valence-electron chi connectivity index (χ3n) is 4.37. The lowest BCUT2D eigenvalue weighted by Crippen LogP contribution is -2.46. The van der Waals surface area contributed by atoms with E-state index in [9.17, 15) is 20.0 Å². The van der Waals surface area contributed by atoms with Crippen molar-refractivity contribution in [2.75, 3.05) is 25.1 Å². The van der Waals surface area contributed by atoms with Crippen molar-refractivity contribution in [3.05, 3.63) is 27.3 Å². The van der Waals surface area contributed by atoms with Gasteiger partial charge in [-0.1, -0.05) is 11.6 Å². The van der Waals surface area contributed by atoms with E-state index in [-0.39, 0.29) is 22.9 Å². The minimum absolute atomic E-state index is 0.0740. The molecular weight excluding hydrogens is 376 g/mol. The number of benzene rings is 1. The van der Waals surface area contributed by atoms with Gasteiger partial charge < -0.3 is 19.5 Å². The molecule has 9 heteroatoms. The number of nitro benzene ring substituents is 1. The van der Waals surface area contributed by atoms with Gasteiger partial charge in [0, 0.05) is 25.2 Å². The Hall–Kier alpha value is -2.06. The molecule has 0 radical (unpaired) electrons. The Kier molecular flexibility index (Phi) is 6.21. The van der Waals surface area contributed by atoms with Crippen LogP contribution in [0.15, 0.2) is 12.1 Å². The standard InChI is InChI=1S/C18H25ClN2O6/c1-17(2,3)27-16(22)11-18(23)5-7-20(8-6-18)13-10-15(26-4)14(21(24)25)9-12(13)19/h9-10,23H,5-8,11H2,1-4H3. The fourth-order valence-electron chi connectivity index (χ4n) is 3.07. The number of halogens is 1. The van der Waals surface area contributed by atoms with Crippen LogP contribution < -0.4 is 9.64 Å². The van der Waals surface area contributed by atoms with Crippen molar-refractivity contribution in [2.45, 2.75) is 51.2 Å². The summed E-state index contributed by atoms with van der Waals surface area (Å²) in [6, 6.07) is 2.79. The van der Waals surface area contributed by atoms with Crippen LogP contribution in [0.2, 0.25) is 5.02 Å². The molecule has 1 fully saturated rings. The molecule has 8 nitrogen and oxygen atoms in total. The zero-order valence-electron chi connectivity index (χ0n) is 16.0. The molecule has 1 heterocycles. The third-order valence-corrected chi connectivity index (χ3v) is 4.68. The highest BCUT2D eigenvalue weighted by atomic mass is 35.5. The van der Waals surface area contributed by atoms with Crippen LogP contribution in [0.1, 0.15) is 40.0 Å². The summed E-state index contributed by atoms with van der Waals surface area (Å²) < 4.78 is 10.4. The number of nitrogens with zero attached hydrogens (tertiary/aromatic N) is 2. The number of esters is 1. The second-order valence-electron chi connectivity index (χ2n) is 7.71. The molecule has 27 heavy (non-hydrogen) atoms. The maximum atomic E-state index is 12.0. The van der Waals surface area contributed by atoms with Gasteiger partial charge in [0.25, 0.3) is 0 Å². The summed E-state index contributed by atoms with van der Waals surface area (Å²) in [4.78, 5) is 24.5. The Morgan fingerprint density at radius 3 is 2.44 bits per heavy atom. The van der Waals surface area contributed by atoms with Crippen molar-refractivity contribution in [1.29, 1.82) is 0 Å². The van der Waals surface area contributed by atoms with Crippen molar-refractivity contribution < 1.29 is 24.3 Å². The van der Waals surface area contributed by atoms with Crippen LogP contribution in [0, 0.1) is 10.1 Å². The Bertz CT molecular complexity index is 723. The summed E-state index contributed by atoms with van der Waals surface area (Å²) in [5.41, 5.74) is -1.35. The molecule has 1 aliphatic heterocycles. The molecular formula is C18H25ClN2O6. The van der Waals surface area contributed by atoms with Crippen LogP contribution in [0.5, 0.6) is 5.75 Å². The predicted octanol–water partition coefficient (Wildman–Crippen LogP) is 3.32. The van der Waals surface area contributed by atoms with Gasteiger partial charge >= 0.3 is 11.7 Å². The van der Waals surface area contributed by atoms with Gasteiger partial charge in [-0.2, -0.15) is 0 Å². The van der Waals surface area contributed by atoms with Gasteiger partial charge in [0.1, 0.15) is 5.60 Å². The topological polar surface area (TPSA) is 102 Å². The Labute approximate surface area is 163 Å². The van der Waals surface area contributed by atoms with E-state index in [1.54, 1.807) is 20.8 Å². The molecule has 1 saturated heterocycles. The Morgan fingerprint density at radius 2 is 1.96 bits per heavy atom. The first-order valence-electron chi connectivity index (χ1n) is 8.65. The SMILES string of the molecule is COc1cc(N2CCC(O)(CC(=O)OC(C)(C)C)CC2)c(Cl)cc1[N+](=O)[O-]. The number of hydrogen-bond donors (Lipinski definition) is 1. The minimum Gasteiger partial charge on any atom is -0.490 e. The van der Waals surface area contributed by atoms with Crippen LogP contribution in [-0.2, 0) is 9.53 Å². The maximum absolute atomic E-state index is 12.0. The van der Waals surface area contributed by atoms with Crippen LogP contribution in [0.3, 0.4) is 0 Å². The summed E-state index contributed by atoms with van der Waals surface area (Å²) in [5.74, 6) is -0.317. The number of rotatable bonds is 5. The highest BCUT2D eigenvalue weighted by molar-refractivity contribution is 6.33. The summed E-state index contributed by atoms with van der Waals surface area (Å²) in [7, 11) is 1.36. The van der Waals surface area contributed by atoms with E-state index in [0.717, 1.165) is 0 Å². The van der Waals surface area contributed by atoms with Crippen molar-refractivity contribution in [2.24, 2.45) is 0 Å². The number of anilines is 1. The zero-order valence-corrected chi connectivity index (χ0v) is 16.7. The molecule has 0 unspecified atom stereocenters. The number of ether oxygens (including phenoxy) is 2. The number of carbonyl (C=O) groups excluding carboxylic acids is 1. The zero-order chi connectivity index (χ0) is 20.4. The first-order valence-corrected chi connectivity index (χ1v) is 9.03. The van der Waals surface area contributed by atoms with E-state index in [1.165, 1.54) is 19.2 Å². The van der Waals surface area contributed by atoms with Crippen LogP contribution in [0.25, 0.3) is 0 Å². The fraction of sp³-hybridized carbons (Fsp3) is 0.611. The second-order valence-corrected chi connectivity index (χ2v) is 8.11. The molecule has 1 aliphatic rings. The fourth-order valence-corrected chi connectivity index (χ4v) is 3.34. The summed E-state index contributed by atoms with van der Waals surface area (Å²) in [6.07, 6.45) is 0.624. The average Bonchev–Trinajstić information content (AvgIpc) is 2.53. The molecule has 1 aromatic carbocycles. The van der Waals surface area contributed by atoms with E-state index >= 15 is 0 Å². The van der Waals surface area contributed by atoms with Gasteiger partial charge in [0.2, 0.25) is 0 Å². The van der Waals surface area contributed by atoms with E-state index in [1.807, 2.05) is 4.90 Å². The molecule has 0 aliphatic carbocycles. The van der Waals surface area contributed by atoms with Crippen LogP contribution in [-0.4, -0.2) is 47.4 Å². The highest BCUT2D eigenvalue weighted by Gasteiger charge is 2.37. The van der Waals surface area contributed by atoms with Crippen molar-refractivity contribution in [3.63, 3.8) is 0 Å². The lowest BCUT2D eigenvalue weighted by molar-refractivity contribution is -0.385. The first kappa shape index (κ1) is 21.2. The number of piperidine rings is 1. The molecule has 0 bridgehead atoms. The average molecular weight is 401 g/mol. The highest BCUT2D eigenvalue weighted by Crippen LogP contribution is 2.39. The molecule has 0 amide bonds. The third kappa shape index (κ3) is 5.46. The monoisotopic (exact) mass is 400 g/mol. The van der Waals surface area contributed by atoms with E-state index in [2.05, 4.69) is 0 Å². The maximum Gasteiger partial charge on any atom is 0.312 e. The summed E-state index contributed by atoms with van der Waals surface area (Å²) >= 11 is 6.23. The lowest BCUT2D eigenvalue weighted by atomic mass is 9.88. The molecule has 0 spiro atoms. The van der Waals surface area contributed by atoms with Crippen molar-refractivity contribution >= 4 is 28.9 Å². The van der Waals surface area contributed by atoms with Gasteiger partial charge in [0.05, 0.1) is 34.8 Å². The number of hydrogen-bond acceptors (Lipinski definition) is 7. The predicted molar refractivity (Wildman–Crippen MR) is 102 cm³/mol. The Morgan fingerprint density at radius 1 is 1.37 bits per heavy atom. The van der Waals surface area contributed by atoms with Gasteiger partial charge in [-0.25, -0.2) is 0 Å². The van der Waals surface area contributed by atoms with Crippen LogP contribution in [0.4, 0.5) is 11.4 Å². The second kappa shape index (κ2) is 7.90. The quantitative estimate of drug-likeness (QED) is 0.459. The van der Waals surface area contributed by atoms with Gasteiger partial charge in [0.15, 0.2) is 5.75 Å². The van der Waals surface area contributed by atoms with E-state index in [0.29, 0.717) is 31.6 Å². The molecule has 2 rings (SSSR count). The van der Waals surface area contributed by atoms with Gasteiger partial charge in [-0.15, -0.1) is 0 Å². The van der Waals surface area contributed by atoms with Gasteiger partial charge in [-0.3, -0.25) is 14.9 Å². The summed E-state index contributed by atoms with van der Waals surface area (Å²) in [6.45, 7) is 6.23.